The van der Waals surface area contributed by atoms with Gasteiger partial charge in [0.15, 0.2) is 0 Å². The van der Waals surface area contributed by atoms with Gasteiger partial charge < -0.3 is 10.0 Å². The van der Waals surface area contributed by atoms with Crippen LogP contribution in [0.4, 0.5) is 5.69 Å². The molecule has 1 heterocycles. The van der Waals surface area contributed by atoms with E-state index in [4.69, 9.17) is 0 Å². The third kappa shape index (κ3) is 3.49. The maximum atomic E-state index is 9.38. The molecule has 0 saturated heterocycles. The van der Waals surface area contributed by atoms with Crippen LogP contribution in [0.2, 0.25) is 0 Å². The number of anilines is 1. The van der Waals surface area contributed by atoms with Crippen molar-refractivity contribution in [3.8, 4) is 0 Å². The van der Waals surface area contributed by atoms with Gasteiger partial charge in [-0.15, -0.1) is 0 Å². The van der Waals surface area contributed by atoms with E-state index in [-0.39, 0.29) is 0 Å². The van der Waals surface area contributed by atoms with E-state index in [1.807, 2.05) is 18.3 Å². The Kier molecular flexibility index (Phi) is 4.74. The number of aliphatic hydroxyl groups is 1. The van der Waals surface area contributed by atoms with Gasteiger partial charge >= 0.3 is 0 Å². The van der Waals surface area contributed by atoms with Gasteiger partial charge in [-0.3, -0.25) is 4.98 Å². The van der Waals surface area contributed by atoms with Gasteiger partial charge in [0.25, 0.3) is 0 Å². The van der Waals surface area contributed by atoms with Crippen LogP contribution in [0.25, 0.3) is 0 Å². The van der Waals surface area contributed by atoms with Crippen molar-refractivity contribution in [3.05, 3.63) is 24.0 Å². The Balaban J connectivity index is 2.78. The van der Waals surface area contributed by atoms with Crippen LogP contribution in [0.3, 0.4) is 0 Å². The second kappa shape index (κ2) is 5.85. The normalized spacial score (nSPS) is 12.9. The average molecular weight is 222 g/mol. The molecule has 0 aliphatic rings. The van der Waals surface area contributed by atoms with E-state index >= 15 is 0 Å². The molecule has 0 saturated carbocycles. The largest absolute Gasteiger partial charge is 0.387 e. The van der Waals surface area contributed by atoms with Crippen molar-refractivity contribution >= 4 is 5.69 Å². The Morgan fingerprint density at radius 2 is 2.00 bits per heavy atom. The molecule has 0 aliphatic carbocycles. The van der Waals surface area contributed by atoms with Crippen LogP contribution in [-0.2, 0) is 0 Å². The summed E-state index contributed by atoms with van der Waals surface area (Å²) in [6, 6.07) is 3.92. The maximum absolute atomic E-state index is 9.38. The highest BCUT2D eigenvalue weighted by atomic mass is 16.3. The summed E-state index contributed by atoms with van der Waals surface area (Å²) in [6.07, 6.45) is 1.35. The SMILES string of the molecule is CCN(CC(C)C)c1ccc([C@@H](C)O)nc1. The van der Waals surface area contributed by atoms with Gasteiger partial charge in [0.1, 0.15) is 0 Å². The van der Waals surface area contributed by atoms with E-state index < -0.39 is 6.10 Å². The highest BCUT2D eigenvalue weighted by molar-refractivity contribution is 5.44. The fourth-order valence-corrected chi connectivity index (χ4v) is 1.69. The van der Waals surface area contributed by atoms with E-state index in [1.165, 1.54) is 0 Å². The third-order valence-electron chi connectivity index (χ3n) is 2.53. The zero-order valence-corrected chi connectivity index (χ0v) is 10.6. The van der Waals surface area contributed by atoms with Crippen LogP contribution in [0.5, 0.6) is 0 Å². The Bertz CT molecular complexity index is 306. The average Bonchev–Trinajstić information content (AvgIpc) is 2.25. The first-order chi connectivity index (χ1) is 7.54. The van der Waals surface area contributed by atoms with E-state index in [0.29, 0.717) is 5.92 Å². The molecule has 16 heavy (non-hydrogen) atoms. The van der Waals surface area contributed by atoms with Crippen molar-refractivity contribution in [2.45, 2.75) is 33.8 Å². The molecule has 0 aromatic carbocycles. The van der Waals surface area contributed by atoms with E-state index in [9.17, 15) is 5.11 Å². The topological polar surface area (TPSA) is 36.4 Å². The summed E-state index contributed by atoms with van der Waals surface area (Å²) in [5.41, 5.74) is 1.85. The molecular formula is C13H22N2O. The first kappa shape index (κ1) is 13.0. The highest BCUT2D eigenvalue weighted by Crippen LogP contribution is 2.17. The summed E-state index contributed by atoms with van der Waals surface area (Å²) < 4.78 is 0. The summed E-state index contributed by atoms with van der Waals surface area (Å²) in [5.74, 6) is 0.636. The molecule has 0 spiro atoms. The molecule has 0 radical (unpaired) electrons. The second-order valence-corrected chi connectivity index (χ2v) is 4.55. The van der Waals surface area contributed by atoms with Gasteiger partial charge in [0, 0.05) is 13.1 Å². The molecule has 1 aromatic heterocycles. The van der Waals surface area contributed by atoms with Crippen LogP contribution in [-0.4, -0.2) is 23.2 Å². The summed E-state index contributed by atoms with van der Waals surface area (Å²) in [6.45, 7) is 10.3. The zero-order valence-electron chi connectivity index (χ0n) is 10.6. The van der Waals surface area contributed by atoms with E-state index in [1.54, 1.807) is 6.92 Å². The Hall–Kier alpha value is -1.09. The molecule has 3 heteroatoms. The quantitative estimate of drug-likeness (QED) is 0.832. The fraction of sp³-hybridized carbons (Fsp3) is 0.615. The minimum atomic E-state index is -0.491. The maximum Gasteiger partial charge on any atom is 0.0931 e. The minimum Gasteiger partial charge on any atom is -0.387 e. The summed E-state index contributed by atoms with van der Waals surface area (Å²) >= 11 is 0. The molecule has 0 bridgehead atoms. The molecule has 0 aliphatic heterocycles. The van der Waals surface area contributed by atoms with Crippen molar-refractivity contribution in [3.63, 3.8) is 0 Å². The van der Waals surface area contributed by atoms with Crippen LogP contribution in [0.15, 0.2) is 18.3 Å². The van der Waals surface area contributed by atoms with Gasteiger partial charge in [0.05, 0.1) is 23.7 Å². The Morgan fingerprint density at radius 3 is 2.38 bits per heavy atom. The molecule has 1 N–H and O–H groups in total. The zero-order chi connectivity index (χ0) is 12.1. The standard InChI is InChI=1S/C13H22N2O/c1-5-15(9-10(2)3)12-6-7-13(11(4)16)14-8-12/h6-8,10-11,16H,5,9H2,1-4H3/t11-/m1/s1. The number of pyridine rings is 1. The molecule has 90 valence electrons. The Morgan fingerprint density at radius 1 is 1.31 bits per heavy atom. The van der Waals surface area contributed by atoms with Crippen molar-refractivity contribution in [1.29, 1.82) is 0 Å². The lowest BCUT2D eigenvalue weighted by Crippen LogP contribution is -2.27. The molecule has 0 amide bonds. The lowest BCUT2D eigenvalue weighted by Gasteiger charge is -2.25. The molecule has 1 atom stereocenters. The summed E-state index contributed by atoms with van der Waals surface area (Å²) in [7, 11) is 0. The smallest absolute Gasteiger partial charge is 0.0931 e. The van der Waals surface area contributed by atoms with Crippen LogP contribution in [0.1, 0.15) is 39.5 Å². The Labute approximate surface area is 98.1 Å². The molecular weight excluding hydrogens is 200 g/mol. The van der Waals surface area contributed by atoms with Gasteiger partial charge in [-0.1, -0.05) is 13.8 Å². The first-order valence-electron chi connectivity index (χ1n) is 5.93. The molecule has 1 aromatic rings. The fourth-order valence-electron chi connectivity index (χ4n) is 1.69. The lowest BCUT2D eigenvalue weighted by atomic mass is 10.2. The van der Waals surface area contributed by atoms with Crippen molar-refractivity contribution < 1.29 is 5.11 Å². The minimum absolute atomic E-state index is 0.491. The molecule has 0 fully saturated rings. The van der Waals surface area contributed by atoms with Gasteiger partial charge in [-0.05, 0) is 31.9 Å². The summed E-state index contributed by atoms with van der Waals surface area (Å²) in [5, 5.41) is 9.38. The van der Waals surface area contributed by atoms with Crippen LogP contribution >= 0.6 is 0 Å². The van der Waals surface area contributed by atoms with Crippen molar-refractivity contribution in [1.82, 2.24) is 4.98 Å². The predicted octanol–water partition coefficient (Wildman–Crippen LogP) is 2.62. The monoisotopic (exact) mass is 222 g/mol. The van der Waals surface area contributed by atoms with E-state index in [2.05, 4.69) is 30.7 Å². The third-order valence-corrected chi connectivity index (χ3v) is 2.53. The van der Waals surface area contributed by atoms with E-state index in [0.717, 1.165) is 24.5 Å². The van der Waals surface area contributed by atoms with Crippen molar-refractivity contribution in [2.75, 3.05) is 18.0 Å². The summed E-state index contributed by atoms with van der Waals surface area (Å²) in [4.78, 5) is 6.56. The number of aliphatic hydroxyl groups excluding tert-OH is 1. The van der Waals surface area contributed by atoms with Gasteiger partial charge in [0.2, 0.25) is 0 Å². The molecule has 1 rings (SSSR count). The molecule has 3 nitrogen and oxygen atoms in total. The van der Waals surface area contributed by atoms with Gasteiger partial charge in [-0.25, -0.2) is 0 Å². The number of nitrogens with zero attached hydrogens (tertiary/aromatic N) is 2. The van der Waals surface area contributed by atoms with Crippen molar-refractivity contribution in [2.24, 2.45) is 5.92 Å². The lowest BCUT2D eigenvalue weighted by molar-refractivity contribution is 0.194. The highest BCUT2D eigenvalue weighted by Gasteiger charge is 2.08. The molecule has 0 unspecified atom stereocenters. The number of hydrogen-bond donors (Lipinski definition) is 1. The van der Waals surface area contributed by atoms with Gasteiger partial charge in [-0.2, -0.15) is 0 Å². The number of aromatic nitrogens is 1. The van der Waals surface area contributed by atoms with Crippen LogP contribution < -0.4 is 4.90 Å². The van der Waals surface area contributed by atoms with Crippen LogP contribution in [0, 0.1) is 5.92 Å². The second-order valence-electron chi connectivity index (χ2n) is 4.55. The predicted molar refractivity (Wildman–Crippen MR) is 67.6 cm³/mol. The number of hydrogen-bond acceptors (Lipinski definition) is 3. The first-order valence-corrected chi connectivity index (χ1v) is 5.93. The number of rotatable bonds is 5.